The fourth-order valence-corrected chi connectivity index (χ4v) is 4.04. The number of imide groups is 1. The summed E-state index contributed by atoms with van der Waals surface area (Å²) in [4.78, 5) is 34.6. The number of hydrogen-bond acceptors (Lipinski definition) is 6. The number of urea groups is 1. The number of amides is 3. The zero-order valence-corrected chi connectivity index (χ0v) is 13.4. The maximum Gasteiger partial charge on any atom is 0.321 e. The first kappa shape index (κ1) is 17.5. The molecule has 0 saturated heterocycles. The fraction of sp³-hybridized carbons (Fsp3) is 0.643. The van der Waals surface area contributed by atoms with Crippen molar-refractivity contribution in [3.63, 3.8) is 0 Å². The molecule has 1 aliphatic carbocycles. The van der Waals surface area contributed by atoms with Gasteiger partial charge in [0.25, 0.3) is 5.91 Å². The van der Waals surface area contributed by atoms with Gasteiger partial charge in [0.05, 0.1) is 12.2 Å². The van der Waals surface area contributed by atoms with E-state index in [1.807, 2.05) is 0 Å². The third-order valence-electron chi connectivity index (χ3n) is 3.74. The van der Waals surface area contributed by atoms with Gasteiger partial charge in [0.1, 0.15) is 0 Å². The minimum atomic E-state index is -3.22. The molecule has 2 rings (SSSR count). The molecule has 0 aromatic heterocycles. The van der Waals surface area contributed by atoms with Crippen molar-refractivity contribution < 1.29 is 27.5 Å². The first-order chi connectivity index (χ1) is 10.8. The standard InChI is InChI=1S/C14H20N2O6S/c17-12(16-14(19)15-11-3-1-2-4-11)8-22-13(18)7-10-5-6-23(20,21)9-10/h5-6,10-11H,1-4,7-9H2,(H2,15,16,17,19). The molecule has 1 saturated carbocycles. The molecule has 23 heavy (non-hydrogen) atoms. The molecule has 2 N–H and O–H groups in total. The second-order valence-corrected chi connectivity index (χ2v) is 7.72. The molecule has 1 heterocycles. The summed E-state index contributed by atoms with van der Waals surface area (Å²) in [7, 11) is -3.22. The first-order valence-corrected chi connectivity index (χ1v) is 9.22. The predicted octanol–water partition coefficient (Wildman–Crippen LogP) is 0.246. The van der Waals surface area contributed by atoms with Gasteiger partial charge in [0.2, 0.25) is 0 Å². The van der Waals surface area contributed by atoms with E-state index in [0.717, 1.165) is 31.1 Å². The molecule has 1 unspecified atom stereocenters. The van der Waals surface area contributed by atoms with Crippen molar-refractivity contribution in [1.82, 2.24) is 10.6 Å². The van der Waals surface area contributed by atoms with Gasteiger partial charge >= 0.3 is 12.0 Å². The molecule has 0 spiro atoms. The van der Waals surface area contributed by atoms with E-state index in [1.54, 1.807) is 0 Å². The highest BCUT2D eigenvalue weighted by molar-refractivity contribution is 7.94. The Labute approximate surface area is 134 Å². The largest absolute Gasteiger partial charge is 0.456 e. The van der Waals surface area contributed by atoms with Crippen LogP contribution in [0.15, 0.2) is 11.5 Å². The Balaban J connectivity index is 1.62. The van der Waals surface area contributed by atoms with Gasteiger partial charge in [-0.3, -0.25) is 14.9 Å². The Bertz CT molecular complexity index is 607. The molecule has 128 valence electrons. The molecule has 8 nitrogen and oxygen atoms in total. The normalized spacial score (nSPS) is 22.7. The first-order valence-electron chi connectivity index (χ1n) is 7.51. The lowest BCUT2D eigenvalue weighted by atomic mass is 10.1. The van der Waals surface area contributed by atoms with Crippen molar-refractivity contribution in [3.8, 4) is 0 Å². The average Bonchev–Trinajstić information content (AvgIpc) is 3.06. The summed E-state index contributed by atoms with van der Waals surface area (Å²) in [5.74, 6) is -1.95. The van der Waals surface area contributed by atoms with E-state index >= 15 is 0 Å². The second kappa shape index (κ2) is 7.58. The minimum absolute atomic E-state index is 0.0847. The van der Waals surface area contributed by atoms with Gasteiger partial charge in [-0.25, -0.2) is 13.2 Å². The van der Waals surface area contributed by atoms with Crippen LogP contribution in [0, 0.1) is 5.92 Å². The number of sulfone groups is 1. The smallest absolute Gasteiger partial charge is 0.321 e. The van der Waals surface area contributed by atoms with Crippen LogP contribution in [0.1, 0.15) is 32.1 Å². The van der Waals surface area contributed by atoms with Crippen molar-refractivity contribution in [1.29, 1.82) is 0 Å². The molecule has 9 heteroatoms. The van der Waals surface area contributed by atoms with Gasteiger partial charge in [-0.05, 0) is 12.8 Å². The van der Waals surface area contributed by atoms with Crippen molar-refractivity contribution in [2.75, 3.05) is 12.4 Å². The van der Waals surface area contributed by atoms with Crippen molar-refractivity contribution in [3.05, 3.63) is 11.5 Å². The van der Waals surface area contributed by atoms with Crippen LogP contribution >= 0.6 is 0 Å². The van der Waals surface area contributed by atoms with E-state index in [4.69, 9.17) is 4.74 Å². The van der Waals surface area contributed by atoms with Crippen LogP contribution in [-0.4, -0.2) is 44.7 Å². The Kier molecular flexibility index (Phi) is 5.75. The minimum Gasteiger partial charge on any atom is -0.456 e. The van der Waals surface area contributed by atoms with Crippen LogP contribution in [0.3, 0.4) is 0 Å². The molecule has 1 fully saturated rings. The fourth-order valence-electron chi connectivity index (χ4n) is 2.64. The van der Waals surface area contributed by atoms with Crippen LogP contribution in [0.25, 0.3) is 0 Å². The lowest BCUT2D eigenvalue weighted by Gasteiger charge is -2.12. The molecular formula is C14H20N2O6S. The molecule has 0 aromatic carbocycles. The zero-order chi connectivity index (χ0) is 16.9. The highest BCUT2D eigenvalue weighted by Gasteiger charge is 2.25. The van der Waals surface area contributed by atoms with Gasteiger partial charge in [-0.1, -0.05) is 18.9 Å². The number of ether oxygens (including phenoxy) is 1. The third kappa shape index (κ3) is 6.01. The topological polar surface area (TPSA) is 119 Å². The van der Waals surface area contributed by atoms with Crippen LogP contribution < -0.4 is 10.6 Å². The van der Waals surface area contributed by atoms with Crippen LogP contribution in [0.2, 0.25) is 0 Å². The average molecular weight is 344 g/mol. The molecule has 0 radical (unpaired) electrons. The van der Waals surface area contributed by atoms with E-state index in [0.29, 0.717) is 0 Å². The molecule has 3 amide bonds. The number of nitrogens with one attached hydrogen (secondary N) is 2. The van der Waals surface area contributed by atoms with Gasteiger partial charge in [-0.2, -0.15) is 0 Å². The summed E-state index contributed by atoms with van der Waals surface area (Å²) in [5, 5.41) is 5.85. The molecule has 1 aliphatic heterocycles. The number of esters is 1. The van der Waals surface area contributed by atoms with E-state index in [-0.39, 0.29) is 18.2 Å². The van der Waals surface area contributed by atoms with Crippen LogP contribution in [0.5, 0.6) is 0 Å². The van der Waals surface area contributed by atoms with Crippen molar-refractivity contribution in [2.45, 2.75) is 38.1 Å². The summed E-state index contributed by atoms with van der Waals surface area (Å²) in [6.07, 6.45) is 5.23. The maximum absolute atomic E-state index is 11.5. The van der Waals surface area contributed by atoms with Gasteiger partial charge < -0.3 is 10.1 Å². The predicted molar refractivity (Wildman–Crippen MR) is 80.9 cm³/mol. The second-order valence-electron chi connectivity index (χ2n) is 5.79. The molecule has 0 aromatic rings. The number of rotatable bonds is 5. The highest BCUT2D eigenvalue weighted by Crippen LogP contribution is 2.18. The molecular weight excluding hydrogens is 324 g/mol. The van der Waals surface area contributed by atoms with Crippen molar-refractivity contribution >= 4 is 27.7 Å². The van der Waals surface area contributed by atoms with Crippen molar-refractivity contribution in [2.24, 2.45) is 5.92 Å². The number of hydrogen-bond donors (Lipinski definition) is 2. The summed E-state index contributed by atoms with van der Waals surface area (Å²) in [6, 6.07) is -0.510. The Morgan fingerprint density at radius 1 is 1.17 bits per heavy atom. The van der Waals surface area contributed by atoms with E-state index < -0.39 is 40.3 Å². The summed E-state index contributed by atoms with van der Waals surface area (Å²) in [6.45, 7) is -0.569. The summed E-state index contributed by atoms with van der Waals surface area (Å²) < 4.78 is 27.2. The zero-order valence-electron chi connectivity index (χ0n) is 12.6. The summed E-state index contributed by atoms with van der Waals surface area (Å²) in [5.41, 5.74) is 0. The van der Waals surface area contributed by atoms with E-state index in [2.05, 4.69) is 10.6 Å². The lowest BCUT2D eigenvalue weighted by Crippen LogP contribution is -2.45. The Hall–Kier alpha value is -1.90. The van der Waals surface area contributed by atoms with Gasteiger partial charge in [0.15, 0.2) is 16.4 Å². The summed E-state index contributed by atoms with van der Waals surface area (Å²) >= 11 is 0. The quantitative estimate of drug-likeness (QED) is 0.690. The number of carbonyl (C=O) groups is 3. The number of allylic oxidation sites excluding steroid dienone is 1. The SMILES string of the molecule is O=C(COC(=O)CC1C=CS(=O)(=O)C1)NC(=O)NC1CCCC1. The van der Waals surface area contributed by atoms with Gasteiger partial charge in [-0.15, -0.1) is 0 Å². The maximum atomic E-state index is 11.5. The van der Waals surface area contributed by atoms with E-state index in [1.165, 1.54) is 6.08 Å². The Morgan fingerprint density at radius 3 is 2.48 bits per heavy atom. The van der Waals surface area contributed by atoms with Crippen LogP contribution in [0.4, 0.5) is 4.79 Å². The lowest BCUT2D eigenvalue weighted by molar-refractivity contribution is -0.148. The molecule has 0 bridgehead atoms. The Morgan fingerprint density at radius 2 is 1.87 bits per heavy atom. The molecule has 2 aliphatic rings. The third-order valence-corrected chi connectivity index (χ3v) is 5.21. The van der Waals surface area contributed by atoms with Crippen LogP contribution in [-0.2, 0) is 24.2 Å². The highest BCUT2D eigenvalue weighted by atomic mass is 32.2. The molecule has 1 atom stereocenters. The monoisotopic (exact) mass is 344 g/mol. The van der Waals surface area contributed by atoms with Gasteiger partial charge in [0, 0.05) is 17.4 Å². The number of carbonyl (C=O) groups excluding carboxylic acids is 3. The van der Waals surface area contributed by atoms with E-state index in [9.17, 15) is 22.8 Å².